The number of nitrogens with one attached hydrogen (secondary N) is 2. The number of hydrogen-bond acceptors (Lipinski definition) is 4. The van der Waals surface area contributed by atoms with Crippen LogP contribution in [0.3, 0.4) is 0 Å². The summed E-state index contributed by atoms with van der Waals surface area (Å²) in [6.07, 6.45) is 7.38. The van der Waals surface area contributed by atoms with Crippen LogP contribution in [0.15, 0.2) is 72.6 Å². The summed E-state index contributed by atoms with van der Waals surface area (Å²) < 4.78 is 0. The number of hydrogen-bond donors (Lipinski definition) is 2. The van der Waals surface area contributed by atoms with Crippen molar-refractivity contribution in [1.82, 2.24) is 15.5 Å². The van der Waals surface area contributed by atoms with Gasteiger partial charge in [0, 0.05) is 22.8 Å². The van der Waals surface area contributed by atoms with Gasteiger partial charge in [-0.15, -0.1) is 0 Å². The first-order chi connectivity index (χ1) is 13.6. The molecule has 0 spiro atoms. The minimum Gasteiger partial charge on any atom is -0.374 e. The maximum atomic E-state index is 6.44. The van der Waals surface area contributed by atoms with E-state index in [4.69, 9.17) is 11.6 Å². The predicted octanol–water partition coefficient (Wildman–Crippen LogP) is 4.12. The number of benzene rings is 2. The highest BCUT2D eigenvalue weighted by molar-refractivity contribution is 6.30. The molecule has 2 atom stereocenters. The second-order valence-electron chi connectivity index (χ2n) is 7.59. The van der Waals surface area contributed by atoms with E-state index in [-0.39, 0.29) is 12.2 Å². The lowest BCUT2D eigenvalue weighted by Crippen LogP contribution is -2.49. The van der Waals surface area contributed by atoms with Crippen LogP contribution in [0.2, 0.25) is 5.02 Å². The Labute approximate surface area is 172 Å². The third-order valence-electron chi connectivity index (χ3n) is 5.29. The fourth-order valence-corrected chi connectivity index (χ4v) is 4.14. The maximum Gasteiger partial charge on any atom is 0.140 e. The molecule has 2 aromatic rings. The summed E-state index contributed by atoms with van der Waals surface area (Å²) in [5.74, 6) is 0. The third kappa shape index (κ3) is 3.89. The zero-order valence-electron chi connectivity index (χ0n) is 16.4. The Hall–Kier alpha value is -2.43. The van der Waals surface area contributed by atoms with Crippen molar-refractivity contribution in [3.8, 4) is 0 Å². The molecule has 0 aliphatic carbocycles. The van der Waals surface area contributed by atoms with Crippen LogP contribution >= 0.6 is 11.6 Å². The van der Waals surface area contributed by atoms with Gasteiger partial charge < -0.3 is 20.4 Å². The molecule has 2 N–H and O–H groups in total. The molecule has 28 heavy (non-hydrogen) atoms. The van der Waals surface area contributed by atoms with Crippen LogP contribution in [0.4, 0.5) is 5.69 Å². The van der Waals surface area contributed by atoms with Crippen LogP contribution in [0, 0.1) is 0 Å². The van der Waals surface area contributed by atoms with E-state index < -0.39 is 0 Å². The Morgan fingerprint density at radius 3 is 2.71 bits per heavy atom. The molecule has 2 unspecified atom stereocenters. The molecule has 2 heterocycles. The van der Waals surface area contributed by atoms with Crippen molar-refractivity contribution in [3.63, 3.8) is 0 Å². The summed E-state index contributed by atoms with van der Waals surface area (Å²) in [6, 6.07) is 16.9. The van der Waals surface area contributed by atoms with Crippen molar-refractivity contribution in [1.29, 1.82) is 0 Å². The topological polar surface area (TPSA) is 30.5 Å². The van der Waals surface area contributed by atoms with Gasteiger partial charge in [0.05, 0.1) is 11.7 Å². The van der Waals surface area contributed by atoms with Crippen molar-refractivity contribution >= 4 is 17.3 Å². The molecule has 0 amide bonds. The average molecular weight is 395 g/mol. The molecule has 2 aliphatic heterocycles. The predicted molar refractivity (Wildman–Crippen MR) is 118 cm³/mol. The molecule has 2 aliphatic rings. The van der Waals surface area contributed by atoms with Gasteiger partial charge in [-0.1, -0.05) is 48.0 Å². The molecule has 146 valence electrons. The Kier molecular flexibility index (Phi) is 5.60. The summed E-state index contributed by atoms with van der Waals surface area (Å²) in [4.78, 5) is 4.67. The first-order valence-corrected chi connectivity index (χ1v) is 10.2. The molecular formula is C23H27ClN4. The number of fused-ring (bicyclic) bond motifs is 2. The second kappa shape index (κ2) is 8.29. The summed E-state index contributed by atoms with van der Waals surface area (Å²) in [5.41, 5.74) is 4.85. The third-order valence-corrected chi connectivity index (χ3v) is 5.53. The monoisotopic (exact) mass is 394 g/mol. The van der Waals surface area contributed by atoms with Crippen LogP contribution in [0.1, 0.15) is 23.6 Å². The molecule has 5 heteroatoms. The van der Waals surface area contributed by atoms with Gasteiger partial charge in [0.25, 0.3) is 0 Å². The summed E-state index contributed by atoms with van der Waals surface area (Å²) in [5, 5.41) is 8.10. The Balaban J connectivity index is 1.79. The van der Waals surface area contributed by atoms with Gasteiger partial charge in [0.2, 0.25) is 0 Å². The van der Waals surface area contributed by atoms with Gasteiger partial charge in [0.1, 0.15) is 6.17 Å². The van der Waals surface area contributed by atoms with Crippen molar-refractivity contribution < 1.29 is 0 Å². The summed E-state index contributed by atoms with van der Waals surface area (Å²) >= 11 is 6.44. The molecule has 0 saturated heterocycles. The SMILES string of the molecule is CN(C)CCCN1c2cc(Cl)ccc2C(c2ccccc2)NC2=CC=CNC21. The molecule has 2 aromatic carbocycles. The van der Waals surface area contributed by atoms with Crippen LogP contribution in [0.5, 0.6) is 0 Å². The summed E-state index contributed by atoms with van der Waals surface area (Å²) in [7, 11) is 4.24. The molecule has 0 radical (unpaired) electrons. The zero-order valence-corrected chi connectivity index (χ0v) is 17.2. The lowest BCUT2D eigenvalue weighted by molar-refractivity contribution is 0.396. The first kappa shape index (κ1) is 18.9. The van der Waals surface area contributed by atoms with E-state index in [1.165, 1.54) is 22.5 Å². The first-order valence-electron chi connectivity index (χ1n) is 9.78. The van der Waals surface area contributed by atoms with E-state index in [9.17, 15) is 0 Å². The number of halogens is 1. The van der Waals surface area contributed by atoms with Crippen molar-refractivity contribution in [2.24, 2.45) is 0 Å². The van der Waals surface area contributed by atoms with E-state index in [0.717, 1.165) is 24.5 Å². The number of anilines is 1. The highest BCUT2D eigenvalue weighted by Crippen LogP contribution is 2.38. The molecule has 0 bridgehead atoms. The van der Waals surface area contributed by atoms with Gasteiger partial charge in [-0.05, 0) is 63.1 Å². The van der Waals surface area contributed by atoms with Crippen molar-refractivity contribution in [2.75, 3.05) is 32.1 Å². The standard InChI is InChI=1S/C23H27ClN4/c1-27(2)14-7-15-28-21-16-18(24)11-12-19(21)22(17-8-4-3-5-9-17)26-20-10-6-13-25-23(20)28/h3-6,8-13,16,22-23,25-26H,7,14-15H2,1-2H3. The Bertz CT molecular complexity index is 875. The Morgan fingerprint density at radius 1 is 1.11 bits per heavy atom. The molecular weight excluding hydrogens is 368 g/mol. The normalized spacial score (nSPS) is 20.6. The van der Waals surface area contributed by atoms with E-state index in [0.29, 0.717) is 0 Å². The fourth-order valence-electron chi connectivity index (χ4n) is 3.97. The van der Waals surface area contributed by atoms with Crippen molar-refractivity contribution in [3.05, 3.63) is 88.7 Å². The van der Waals surface area contributed by atoms with Gasteiger partial charge in [-0.2, -0.15) is 0 Å². The molecule has 0 fully saturated rings. The van der Waals surface area contributed by atoms with E-state index in [2.05, 4.69) is 89.1 Å². The lowest BCUT2D eigenvalue weighted by Gasteiger charge is -2.35. The van der Waals surface area contributed by atoms with Crippen LogP contribution in [-0.2, 0) is 0 Å². The minimum absolute atomic E-state index is 0.0677. The quantitative estimate of drug-likeness (QED) is 0.798. The van der Waals surface area contributed by atoms with Gasteiger partial charge >= 0.3 is 0 Å². The van der Waals surface area contributed by atoms with Gasteiger partial charge in [-0.3, -0.25) is 0 Å². The van der Waals surface area contributed by atoms with Gasteiger partial charge in [0.15, 0.2) is 0 Å². The smallest absolute Gasteiger partial charge is 0.140 e. The number of dihydropyridines is 1. The zero-order chi connectivity index (χ0) is 19.5. The Morgan fingerprint density at radius 2 is 1.93 bits per heavy atom. The minimum atomic E-state index is 0.0677. The van der Waals surface area contributed by atoms with E-state index in [1.807, 2.05) is 12.3 Å². The number of rotatable bonds is 5. The maximum absolute atomic E-state index is 6.44. The van der Waals surface area contributed by atoms with Crippen LogP contribution in [0.25, 0.3) is 0 Å². The average Bonchev–Trinajstić information content (AvgIpc) is 2.83. The number of allylic oxidation sites excluding steroid dienone is 2. The lowest BCUT2D eigenvalue weighted by atomic mass is 9.97. The van der Waals surface area contributed by atoms with Gasteiger partial charge in [-0.25, -0.2) is 0 Å². The fraction of sp³-hybridized carbons (Fsp3) is 0.304. The van der Waals surface area contributed by atoms with Crippen LogP contribution < -0.4 is 15.5 Å². The van der Waals surface area contributed by atoms with E-state index >= 15 is 0 Å². The second-order valence-corrected chi connectivity index (χ2v) is 8.03. The van der Waals surface area contributed by atoms with Crippen molar-refractivity contribution in [2.45, 2.75) is 18.6 Å². The number of nitrogens with zero attached hydrogens (tertiary/aromatic N) is 2. The molecule has 0 aromatic heterocycles. The largest absolute Gasteiger partial charge is 0.374 e. The highest BCUT2D eigenvalue weighted by Gasteiger charge is 2.33. The molecule has 4 nitrogen and oxygen atoms in total. The molecule has 0 saturated carbocycles. The molecule has 4 rings (SSSR count). The summed E-state index contributed by atoms with van der Waals surface area (Å²) in [6.45, 7) is 1.99. The van der Waals surface area contributed by atoms with E-state index in [1.54, 1.807) is 0 Å². The van der Waals surface area contributed by atoms with Crippen LogP contribution in [-0.4, -0.2) is 38.3 Å². The highest BCUT2D eigenvalue weighted by atomic mass is 35.5.